The zero-order valence-corrected chi connectivity index (χ0v) is 15.3. The second-order valence-corrected chi connectivity index (χ2v) is 6.47. The van der Waals surface area contributed by atoms with Gasteiger partial charge in [0.2, 0.25) is 5.16 Å². The van der Waals surface area contributed by atoms with Crippen LogP contribution in [0, 0.1) is 6.92 Å². The van der Waals surface area contributed by atoms with Crippen molar-refractivity contribution in [3.8, 4) is 0 Å². The number of benzene rings is 1. The monoisotopic (exact) mass is 382 g/mol. The second kappa shape index (κ2) is 9.64. The maximum absolute atomic E-state index is 6.07. The van der Waals surface area contributed by atoms with Gasteiger partial charge in [-0.15, -0.1) is 11.7 Å². The van der Waals surface area contributed by atoms with Crippen LogP contribution in [0.5, 0.6) is 0 Å². The van der Waals surface area contributed by atoms with Gasteiger partial charge in [-0.05, 0) is 30.7 Å². The molecule has 0 saturated heterocycles. The van der Waals surface area contributed by atoms with Gasteiger partial charge in [0.25, 0.3) is 0 Å². The summed E-state index contributed by atoms with van der Waals surface area (Å²) in [5.41, 5.74) is 5.02. The Morgan fingerprint density at radius 3 is 2.92 bits per heavy atom. The molecular weight excluding hydrogens is 367 g/mol. The first kappa shape index (κ1) is 18.7. The third kappa shape index (κ3) is 5.79. The molecule has 2 rings (SSSR count). The molecule has 0 atom stereocenters. The molecule has 1 aromatic carbocycles. The third-order valence-corrected chi connectivity index (χ3v) is 4.26. The molecule has 0 aliphatic carbocycles. The van der Waals surface area contributed by atoms with E-state index in [9.17, 15) is 0 Å². The van der Waals surface area contributed by atoms with Gasteiger partial charge in [-0.3, -0.25) is 10.3 Å². The Morgan fingerprint density at radius 2 is 2.17 bits per heavy atom. The van der Waals surface area contributed by atoms with E-state index in [1.165, 1.54) is 11.8 Å². The molecule has 0 bridgehead atoms. The minimum atomic E-state index is 0.307. The number of aryl methyl sites for hydroxylation is 1. The van der Waals surface area contributed by atoms with Crippen LogP contribution in [0.4, 0.5) is 0 Å². The average Bonchev–Trinajstić information content (AvgIpc) is 2.56. The summed E-state index contributed by atoms with van der Waals surface area (Å²) < 4.78 is 0. The van der Waals surface area contributed by atoms with Crippen molar-refractivity contribution in [1.82, 2.24) is 20.7 Å². The highest BCUT2D eigenvalue weighted by atomic mass is 35.5. The van der Waals surface area contributed by atoms with Crippen molar-refractivity contribution in [2.24, 2.45) is 0 Å². The predicted octanol–water partition coefficient (Wildman–Crippen LogP) is 4.46. The number of nitrogens with one attached hydrogen (secondary N) is 1. The number of aromatic nitrogens is 3. The average molecular weight is 383 g/mol. The summed E-state index contributed by atoms with van der Waals surface area (Å²) in [4.78, 5) is 9.76. The fourth-order valence-electron chi connectivity index (χ4n) is 1.65. The lowest BCUT2D eigenvalue weighted by Gasteiger charge is -2.05. The van der Waals surface area contributed by atoms with Crippen molar-refractivity contribution >= 4 is 41.0 Å². The van der Waals surface area contributed by atoms with E-state index in [-0.39, 0.29) is 0 Å². The summed E-state index contributed by atoms with van der Waals surface area (Å²) in [6.45, 7) is 5.82. The van der Waals surface area contributed by atoms with Gasteiger partial charge in [-0.1, -0.05) is 47.1 Å². The molecule has 0 spiro atoms. The predicted molar refractivity (Wildman–Crippen MR) is 98.9 cm³/mol. The van der Waals surface area contributed by atoms with Crippen molar-refractivity contribution in [2.45, 2.75) is 18.7 Å². The van der Waals surface area contributed by atoms with Crippen LogP contribution in [0.2, 0.25) is 10.0 Å². The molecule has 0 saturated carbocycles. The van der Waals surface area contributed by atoms with Crippen molar-refractivity contribution < 1.29 is 4.84 Å². The molecule has 0 fully saturated rings. The topological polar surface area (TPSA) is 59.9 Å². The van der Waals surface area contributed by atoms with Crippen LogP contribution < -0.4 is 5.48 Å². The van der Waals surface area contributed by atoms with E-state index >= 15 is 0 Å². The summed E-state index contributed by atoms with van der Waals surface area (Å²) in [7, 11) is 0. The lowest BCUT2D eigenvalue weighted by molar-refractivity contribution is 0.0582. The first-order valence-corrected chi connectivity index (χ1v) is 8.77. The molecule has 24 heavy (non-hydrogen) atoms. The van der Waals surface area contributed by atoms with Crippen LogP contribution >= 0.6 is 35.0 Å². The number of hydrogen-bond acceptors (Lipinski definition) is 6. The summed E-state index contributed by atoms with van der Waals surface area (Å²) in [5, 5.41) is 9.86. The second-order valence-electron chi connectivity index (χ2n) is 4.64. The Morgan fingerprint density at radius 1 is 1.33 bits per heavy atom. The number of halogens is 2. The quantitative estimate of drug-likeness (QED) is 0.314. The zero-order chi connectivity index (χ0) is 17.4. The number of hydroxylamine groups is 1. The van der Waals surface area contributed by atoms with Crippen LogP contribution in [-0.4, -0.2) is 20.9 Å². The smallest absolute Gasteiger partial charge is 0.209 e. The fraction of sp³-hybridized carbons (Fsp3) is 0.188. The van der Waals surface area contributed by atoms with E-state index in [0.717, 1.165) is 22.7 Å². The van der Waals surface area contributed by atoms with E-state index in [0.29, 0.717) is 21.8 Å². The SMILES string of the molecule is C=CCSc1nnc(C)c(/C=C/NOCc2ccc(Cl)cc2Cl)n1. The fourth-order valence-corrected chi connectivity index (χ4v) is 2.64. The van der Waals surface area contributed by atoms with E-state index < -0.39 is 0 Å². The van der Waals surface area contributed by atoms with Gasteiger partial charge in [0, 0.05) is 22.0 Å². The first-order chi connectivity index (χ1) is 11.6. The largest absolute Gasteiger partial charge is 0.274 e. The third-order valence-electron chi connectivity index (χ3n) is 2.84. The van der Waals surface area contributed by atoms with Gasteiger partial charge in [-0.2, -0.15) is 5.10 Å². The van der Waals surface area contributed by atoms with Gasteiger partial charge >= 0.3 is 0 Å². The van der Waals surface area contributed by atoms with E-state index in [2.05, 4.69) is 27.2 Å². The van der Waals surface area contributed by atoms with Crippen LogP contribution in [0.1, 0.15) is 17.0 Å². The molecule has 126 valence electrons. The lowest BCUT2D eigenvalue weighted by atomic mass is 10.2. The molecule has 8 heteroatoms. The van der Waals surface area contributed by atoms with Gasteiger partial charge in [-0.25, -0.2) is 4.98 Å². The van der Waals surface area contributed by atoms with E-state index in [4.69, 9.17) is 28.0 Å². The molecule has 0 amide bonds. The molecule has 0 aliphatic heterocycles. The molecule has 5 nitrogen and oxygen atoms in total. The highest BCUT2D eigenvalue weighted by Gasteiger charge is 2.03. The van der Waals surface area contributed by atoms with Gasteiger partial charge in [0.05, 0.1) is 11.4 Å². The van der Waals surface area contributed by atoms with Crippen molar-refractivity contribution in [2.75, 3.05) is 5.75 Å². The normalized spacial score (nSPS) is 11.0. The minimum absolute atomic E-state index is 0.307. The number of hydrogen-bond donors (Lipinski definition) is 1. The molecule has 1 heterocycles. The van der Waals surface area contributed by atoms with Crippen LogP contribution in [0.15, 0.2) is 42.2 Å². The van der Waals surface area contributed by atoms with Gasteiger partial charge in [0.15, 0.2) is 0 Å². The van der Waals surface area contributed by atoms with Gasteiger partial charge < -0.3 is 0 Å². The maximum Gasteiger partial charge on any atom is 0.209 e. The number of thioether (sulfide) groups is 1. The highest BCUT2D eigenvalue weighted by Crippen LogP contribution is 2.21. The maximum atomic E-state index is 6.07. The van der Waals surface area contributed by atoms with Crippen LogP contribution in [-0.2, 0) is 11.4 Å². The molecule has 0 unspecified atom stereocenters. The molecule has 2 aromatic rings. The van der Waals surface area contributed by atoms with Crippen molar-refractivity contribution in [1.29, 1.82) is 0 Å². The van der Waals surface area contributed by atoms with Crippen LogP contribution in [0.3, 0.4) is 0 Å². The molecule has 0 radical (unpaired) electrons. The summed E-state index contributed by atoms with van der Waals surface area (Å²) in [6.07, 6.45) is 5.20. The van der Waals surface area contributed by atoms with Crippen molar-refractivity contribution in [3.05, 3.63) is 64.1 Å². The highest BCUT2D eigenvalue weighted by molar-refractivity contribution is 7.99. The minimum Gasteiger partial charge on any atom is -0.274 e. The first-order valence-electron chi connectivity index (χ1n) is 7.03. The van der Waals surface area contributed by atoms with E-state index in [1.807, 2.05) is 13.0 Å². The lowest BCUT2D eigenvalue weighted by Crippen LogP contribution is -2.07. The molecular formula is C16H16Cl2N4OS. The Labute approximate surface area is 155 Å². The summed E-state index contributed by atoms with van der Waals surface area (Å²) in [5.74, 6) is 0.733. The Kier molecular flexibility index (Phi) is 7.52. The Bertz CT molecular complexity index is 740. The molecule has 1 aromatic heterocycles. The molecule has 1 N–H and O–H groups in total. The molecule has 0 aliphatic rings. The number of rotatable bonds is 8. The Hall–Kier alpha value is -1.60. The van der Waals surface area contributed by atoms with E-state index in [1.54, 1.807) is 30.5 Å². The zero-order valence-electron chi connectivity index (χ0n) is 13.0. The van der Waals surface area contributed by atoms with Gasteiger partial charge in [0.1, 0.15) is 6.61 Å². The van der Waals surface area contributed by atoms with Crippen LogP contribution in [0.25, 0.3) is 6.08 Å². The summed E-state index contributed by atoms with van der Waals surface area (Å²) >= 11 is 13.4. The Balaban J connectivity index is 1.88. The summed E-state index contributed by atoms with van der Waals surface area (Å²) in [6, 6.07) is 5.26. The standard InChI is InChI=1S/C16H16Cl2N4OS/c1-3-8-24-16-20-15(11(2)21-22-16)6-7-19-23-10-12-4-5-13(17)9-14(12)18/h3-7,9,19H,1,8,10H2,2H3/b7-6+. The number of nitrogens with zero attached hydrogens (tertiary/aromatic N) is 3. The van der Waals surface area contributed by atoms with Crippen molar-refractivity contribution in [3.63, 3.8) is 0 Å².